The highest BCUT2D eigenvalue weighted by Crippen LogP contribution is 2.29. The third kappa shape index (κ3) is 5.12. The Balaban J connectivity index is 1.61. The van der Waals surface area contributed by atoms with Crippen LogP contribution in [-0.4, -0.2) is 35.6 Å². The van der Waals surface area contributed by atoms with Gasteiger partial charge in [-0.15, -0.1) is 0 Å². The molecule has 2 aromatic rings. The van der Waals surface area contributed by atoms with Gasteiger partial charge in [-0.2, -0.15) is 0 Å². The third-order valence-electron chi connectivity index (χ3n) is 4.79. The Bertz CT molecular complexity index is 819. The first-order valence-electron chi connectivity index (χ1n) is 9.77. The number of likely N-dealkylation sites (tertiary alicyclic amines) is 1. The summed E-state index contributed by atoms with van der Waals surface area (Å²) >= 11 is 0. The van der Waals surface area contributed by atoms with Gasteiger partial charge in [-0.1, -0.05) is 48.5 Å². The summed E-state index contributed by atoms with van der Waals surface area (Å²) in [5, 5.41) is 3.09. The lowest BCUT2D eigenvalue weighted by Gasteiger charge is -2.33. The zero-order valence-electron chi connectivity index (χ0n) is 16.8. The predicted octanol–water partition coefficient (Wildman–Crippen LogP) is 4.94. The Labute approximate surface area is 166 Å². The number of carbonyl (C=O) groups excluding carboxylic acids is 2. The van der Waals surface area contributed by atoms with Gasteiger partial charge in [-0.3, -0.25) is 4.79 Å². The minimum absolute atomic E-state index is 0.00669. The van der Waals surface area contributed by atoms with Crippen LogP contribution in [0.25, 0.3) is 11.1 Å². The van der Waals surface area contributed by atoms with E-state index < -0.39 is 5.60 Å². The number of carbonyl (C=O) groups is 2. The molecule has 2 amide bonds. The third-order valence-corrected chi connectivity index (χ3v) is 4.79. The smallest absolute Gasteiger partial charge is 0.410 e. The molecule has 1 N–H and O–H groups in total. The molecule has 0 aromatic heterocycles. The summed E-state index contributed by atoms with van der Waals surface area (Å²) in [6, 6.07) is 17.8. The second-order valence-electron chi connectivity index (χ2n) is 8.14. The molecule has 2 aromatic carbocycles. The van der Waals surface area contributed by atoms with Gasteiger partial charge in [0.1, 0.15) is 5.60 Å². The number of hydrogen-bond donors (Lipinski definition) is 1. The van der Waals surface area contributed by atoms with E-state index in [9.17, 15) is 9.59 Å². The minimum Gasteiger partial charge on any atom is -0.444 e. The number of amides is 2. The maximum atomic E-state index is 12.8. The van der Waals surface area contributed by atoms with E-state index in [1.165, 1.54) is 0 Å². The van der Waals surface area contributed by atoms with Gasteiger partial charge in [-0.25, -0.2) is 4.79 Å². The Hall–Kier alpha value is -2.82. The van der Waals surface area contributed by atoms with Gasteiger partial charge in [0.05, 0.1) is 0 Å². The van der Waals surface area contributed by atoms with Crippen LogP contribution >= 0.6 is 0 Å². The second kappa shape index (κ2) is 8.46. The summed E-state index contributed by atoms with van der Waals surface area (Å²) in [7, 11) is 0. The lowest BCUT2D eigenvalue weighted by atomic mass is 9.95. The summed E-state index contributed by atoms with van der Waals surface area (Å²) in [6.07, 6.45) is 0.970. The zero-order chi connectivity index (χ0) is 20.1. The van der Waals surface area contributed by atoms with Crippen molar-refractivity contribution in [1.29, 1.82) is 0 Å². The van der Waals surface area contributed by atoms with Crippen molar-refractivity contribution in [3.63, 3.8) is 0 Å². The first-order chi connectivity index (χ1) is 13.3. The number of para-hydroxylation sites is 1. The van der Waals surface area contributed by atoms with E-state index >= 15 is 0 Å². The Morgan fingerprint density at radius 1 is 0.964 bits per heavy atom. The molecular weight excluding hydrogens is 352 g/mol. The zero-order valence-corrected chi connectivity index (χ0v) is 16.8. The Morgan fingerprint density at radius 3 is 2.21 bits per heavy atom. The lowest BCUT2D eigenvalue weighted by molar-refractivity contribution is -0.121. The highest BCUT2D eigenvalue weighted by Gasteiger charge is 2.30. The summed E-state index contributed by atoms with van der Waals surface area (Å²) < 4.78 is 5.42. The van der Waals surface area contributed by atoms with Crippen LogP contribution in [0.15, 0.2) is 54.6 Å². The summed E-state index contributed by atoms with van der Waals surface area (Å²) in [6.45, 7) is 6.64. The highest BCUT2D eigenvalue weighted by atomic mass is 16.6. The number of nitrogens with one attached hydrogen (secondary N) is 1. The fourth-order valence-corrected chi connectivity index (χ4v) is 3.35. The summed E-state index contributed by atoms with van der Waals surface area (Å²) in [5.74, 6) is -0.102. The van der Waals surface area contributed by atoms with E-state index in [1.54, 1.807) is 4.90 Å². The molecule has 1 heterocycles. The fraction of sp³-hybridized carbons (Fsp3) is 0.391. The van der Waals surface area contributed by atoms with Crippen molar-refractivity contribution in [2.24, 2.45) is 5.92 Å². The van der Waals surface area contributed by atoms with E-state index in [0.29, 0.717) is 25.9 Å². The van der Waals surface area contributed by atoms with E-state index in [0.717, 1.165) is 16.8 Å². The van der Waals surface area contributed by atoms with Gasteiger partial charge in [0.2, 0.25) is 5.91 Å². The summed E-state index contributed by atoms with van der Waals surface area (Å²) in [5.41, 5.74) is 2.38. The van der Waals surface area contributed by atoms with Crippen LogP contribution in [0, 0.1) is 5.92 Å². The standard InChI is InChI=1S/C23H28N2O3/c1-23(2,3)28-22(27)25-15-13-18(14-16-25)21(26)24-20-12-8-7-11-19(20)17-9-5-4-6-10-17/h4-12,18H,13-16H2,1-3H3,(H,24,26). The fourth-order valence-electron chi connectivity index (χ4n) is 3.35. The molecule has 148 valence electrons. The molecule has 0 bridgehead atoms. The largest absolute Gasteiger partial charge is 0.444 e. The molecular formula is C23H28N2O3. The molecule has 5 nitrogen and oxygen atoms in total. The van der Waals surface area contributed by atoms with Gasteiger partial charge in [0.15, 0.2) is 0 Å². The van der Waals surface area contributed by atoms with Crippen molar-refractivity contribution >= 4 is 17.7 Å². The van der Waals surface area contributed by atoms with Crippen LogP contribution in [0.4, 0.5) is 10.5 Å². The number of anilines is 1. The molecule has 28 heavy (non-hydrogen) atoms. The number of benzene rings is 2. The SMILES string of the molecule is CC(C)(C)OC(=O)N1CCC(C(=O)Nc2ccccc2-c2ccccc2)CC1. The van der Waals surface area contributed by atoms with Gasteiger partial charge in [0, 0.05) is 30.3 Å². The quantitative estimate of drug-likeness (QED) is 0.820. The molecule has 3 rings (SSSR count). The van der Waals surface area contributed by atoms with Crippen LogP contribution in [0.1, 0.15) is 33.6 Å². The van der Waals surface area contributed by atoms with Gasteiger partial charge in [-0.05, 0) is 45.2 Å². The maximum Gasteiger partial charge on any atom is 0.410 e. The molecule has 1 saturated heterocycles. The van der Waals surface area contributed by atoms with E-state index in [2.05, 4.69) is 5.32 Å². The van der Waals surface area contributed by atoms with Crippen LogP contribution in [-0.2, 0) is 9.53 Å². The van der Waals surface area contributed by atoms with E-state index in [1.807, 2.05) is 75.4 Å². The monoisotopic (exact) mass is 380 g/mol. The van der Waals surface area contributed by atoms with Crippen LogP contribution in [0.5, 0.6) is 0 Å². The number of hydrogen-bond acceptors (Lipinski definition) is 3. The molecule has 0 unspecified atom stereocenters. The average molecular weight is 380 g/mol. The van der Waals surface area contributed by atoms with E-state index in [4.69, 9.17) is 4.74 Å². The van der Waals surface area contributed by atoms with Gasteiger partial charge >= 0.3 is 6.09 Å². The van der Waals surface area contributed by atoms with Crippen molar-refractivity contribution < 1.29 is 14.3 Å². The highest BCUT2D eigenvalue weighted by molar-refractivity contribution is 5.96. The first-order valence-corrected chi connectivity index (χ1v) is 9.77. The lowest BCUT2D eigenvalue weighted by Crippen LogP contribution is -2.43. The molecule has 0 saturated carbocycles. The van der Waals surface area contributed by atoms with Crippen molar-refractivity contribution in [3.05, 3.63) is 54.6 Å². The number of nitrogens with zero attached hydrogens (tertiary/aromatic N) is 1. The van der Waals surface area contributed by atoms with Crippen molar-refractivity contribution in [1.82, 2.24) is 4.90 Å². The molecule has 1 aliphatic heterocycles. The van der Waals surface area contributed by atoms with Crippen molar-refractivity contribution in [3.8, 4) is 11.1 Å². The topological polar surface area (TPSA) is 58.6 Å². The van der Waals surface area contributed by atoms with Gasteiger partial charge < -0.3 is 15.0 Å². The summed E-state index contributed by atoms with van der Waals surface area (Å²) in [4.78, 5) is 26.7. The Kier molecular flexibility index (Phi) is 6.02. The minimum atomic E-state index is -0.507. The van der Waals surface area contributed by atoms with Crippen LogP contribution in [0.3, 0.4) is 0 Å². The van der Waals surface area contributed by atoms with Crippen molar-refractivity contribution in [2.75, 3.05) is 18.4 Å². The molecule has 0 radical (unpaired) electrons. The number of ether oxygens (including phenoxy) is 1. The van der Waals surface area contributed by atoms with Crippen molar-refractivity contribution in [2.45, 2.75) is 39.2 Å². The number of piperidine rings is 1. The molecule has 1 aliphatic rings. The Morgan fingerprint density at radius 2 is 1.57 bits per heavy atom. The predicted molar refractivity (Wildman–Crippen MR) is 111 cm³/mol. The molecule has 0 atom stereocenters. The van der Waals surface area contributed by atoms with E-state index in [-0.39, 0.29) is 17.9 Å². The molecule has 5 heteroatoms. The maximum absolute atomic E-state index is 12.8. The first kappa shape index (κ1) is 19.9. The average Bonchev–Trinajstić information content (AvgIpc) is 2.68. The van der Waals surface area contributed by atoms with Gasteiger partial charge in [0.25, 0.3) is 0 Å². The van der Waals surface area contributed by atoms with Crippen LogP contribution < -0.4 is 5.32 Å². The normalized spacial score (nSPS) is 15.2. The molecule has 0 spiro atoms. The van der Waals surface area contributed by atoms with Crippen LogP contribution in [0.2, 0.25) is 0 Å². The molecule has 0 aliphatic carbocycles. The second-order valence-corrected chi connectivity index (χ2v) is 8.14. The number of rotatable bonds is 3. The molecule has 1 fully saturated rings.